The second-order valence-electron chi connectivity index (χ2n) is 11.3. The zero-order valence-electron chi connectivity index (χ0n) is 27.8. The first-order valence-electron chi connectivity index (χ1n) is 16.5. The maximum Gasteiger partial charge on any atom is 0.407 e. The number of benzene rings is 2. The van der Waals surface area contributed by atoms with Gasteiger partial charge in [0.25, 0.3) is 0 Å². The van der Waals surface area contributed by atoms with Crippen molar-refractivity contribution in [2.45, 2.75) is 57.6 Å². The van der Waals surface area contributed by atoms with Gasteiger partial charge in [0.1, 0.15) is 13.2 Å². The number of hydrogen-bond donors (Lipinski definition) is 4. The number of esters is 1. The molecular formula is C37H51N3O8. The number of ether oxygens (including phenoxy) is 3. The fraction of sp³-hybridized carbons (Fsp3) is 0.459. The summed E-state index contributed by atoms with van der Waals surface area (Å²) in [5, 5.41) is 17.2. The van der Waals surface area contributed by atoms with Crippen LogP contribution in [0.25, 0.3) is 0 Å². The molecular weight excluding hydrogens is 614 g/mol. The largest absolute Gasteiger partial charge is 0.463 e. The van der Waals surface area contributed by atoms with Crippen LogP contribution in [0, 0.1) is 11.8 Å². The van der Waals surface area contributed by atoms with E-state index in [1.807, 2.05) is 60.7 Å². The summed E-state index contributed by atoms with van der Waals surface area (Å²) < 4.78 is 16.2. The molecule has 11 heteroatoms. The molecule has 48 heavy (non-hydrogen) atoms. The molecule has 0 heterocycles. The van der Waals surface area contributed by atoms with Gasteiger partial charge in [-0.2, -0.15) is 0 Å². The Labute approximate surface area is 284 Å². The van der Waals surface area contributed by atoms with Crippen molar-refractivity contribution < 1.29 is 38.5 Å². The molecule has 0 spiro atoms. The zero-order chi connectivity index (χ0) is 34.8. The Morgan fingerprint density at radius 3 is 2.12 bits per heavy atom. The third-order valence-corrected chi connectivity index (χ3v) is 7.40. The van der Waals surface area contributed by atoms with Crippen molar-refractivity contribution in [2.75, 3.05) is 39.5 Å². The summed E-state index contributed by atoms with van der Waals surface area (Å²) in [5.74, 6) is -2.15. The summed E-state index contributed by atoms with van der Waals surface area (Å²) in [5.41, 5.74) is 1.89. The average molecular weight is 666 g/mol. The number of hydrogen-bond acceptors (Lipinski definition) is 8. The minimum absolute atomic E-state index is 0.0469. The molecule has 0 aliphatic heterocycles. The Bertz CT molecular complexity index is 1240. The SMILES string of the molecule is C=CC[C@H](CC(=O)NCCOCCO)C(=O)N[C@@H](CCCCNC(=O)OCc1ccccc1)COC(=O)[C@H](CC=C)Cc1ccccc1. The molecule has 3 atom stereocenters. The molecule has 0 fully saturated rings. The van der Waals surface area contributed by atoms with Gasteiger partial charge in [-0.25, -0.2) is 4.79 Å². The van der Waals surface area contributed by atoms with Gasteiger partial charge in [0.15, 0.2) is 0 Å². The van der Waals surface area contributed by atoms with Crippen molar-refractivity contribution >= 4 is 23.9 Å². The predicted octanol–water partition coefficient (Wildman–Crippen LogP) is 4.25. The van der Waals surface area contributed by atoms with Crippen molar-refractivity contribution in [3.8, 4) is 0 Å². The van der Waals surface area contributed by atoms with Gasteiger partial charge in [0, 0.05) is 19.5 Å². The summed E-state index contributed by atoms with van der Waals surface area (Å²) in [6.07, 6.45) is 5.60. The number of nitrogens with one attached hydrogen (secondary N) is 3. The first kappa shape index (κ1) is 39.7. The third-order valence-electron chi connectivity index (χ3n) is 7.40. The van der Waals surface area contributed by atoms with Crippen LogP contribution in [0.15, 0.2) is 86.0 Å². The Balaban J connectivity index is 1.95. The Hall–Kier alpha value is -4.48. The summed E-state index contributed by atoms with van der Waals surface area (Å²) in [4.78, 5) is 51.2. The first-order chi connectivity index (χ1) is 23.4. The highest BCUT2D eigenvalue weighted by atomic mass is 16.5. The van der Waals surface area contributed by atoms with Gasteiger partial charge in [-0.15, -0.1) is 13.2 Å². The van der Waals surface area contributed by atoms with E-state index in [0.29, 0.717) is 38.6 Å². The Morgan fingerprint density at radius 1 is 0.792 bits per heavy atom. The van der Waals surface area contributed by atoms with E-state index < -0.39 is 24.0 Å². The van der Waals surface area contributed by atoms with Gasteiger partial charge >= 0.3 is 12.1 Å². The van der Waals surface area contributed by atoms with Gasteiger partial charge in [-0.05, 0) is 49.7 Å². The molecule has 2 rings (SSSR count). The number of carbonyl (C=O) groups excluding carboxylic acids is 4. The third kappa shape index (κ3) is 17.4. The number of aliphatic hydroxyl groups is 1. The molecule has 0 aliphatic carbocycles. The van der Waals surface area contributed by atoms with Crippen molar-refractivity contribution in [2.24, 2.45) is 11.8 Å². The number of amides is 3. The number of aliphatic hydroxyl groups excluding tert-OH is 1. The van der Waals surface area contributed by atoms with Crippen LogP contribution in [0.3, 0.4) is 0 Å². The minimum Gasteiger partial charge on any atom is -0.463 e. The lowest BCUT2D eigenvalue weighted by molar-refractivity contribution is -0.150. The zero-order valence-corrected chi connectivity index (χ0v) is 27.8. The van der Waals surface area contributed by atoms with E-state index in [1.165, 1.54) is 0 Å². The lowest BCUT2D eigenvalue weighted by Gasteiger charge is -2.23. The molecule has 0 bridgehead atoms. The molecule has 2 aromatic carbocycles. The quantitative estimate of drug-likeness (QED) is 0.0698. The molecule has 11 nitrogen and oxygen atoms in total. The van der Waals surface area contributed by atoms with Gasteiger partial charge in [0.2, 0.25) is 11.8 Å². The number of carbonyl (C=O) groups is 4. The summed E-state index contributed by atoms with van der Waals surface area (Å²) >= 11 is 0. The van der Waals surface area contributed by atoms with Crippen LogP contribution in [-0.2, 0) is 41.6 Å². The molecule has 0 aromatic heterocycles. The van der Waals surface area contributed by atoms with E-state index in [1.54, 1.807) is 12.2 Å². The second-order valence-corrected chi connectivity index (χ2v) is 11.3. The van der Waals surface area contributed by atoms with Crippen molar-refractivity contribution in [3.63, 3.8) is 0 Å². The van der Waals surface area contributed by atoms with E-state index in [2.05, 4.69) is 29.1 Å². The van der Waals surface area contributed by atoms with E-state index >= 15 is 0 Å². The fourth-order valence-electron chi connectivity index (χ4n) is 4.87. The smallest absolute Gasteiger partial charge is 0.407 e. The molecule has 2 aromatic rings. The number of rotatable bonds is 25. The number of allylic oxidation sites excluding steroid dienone is 2. The van der Waals surface area contributed by atoms with Gasteiger partial charge < -0.3 is 35.3 Å². The van der Waals surface area contributed by atoms with Gasteiger partial charge in [-0.3, -0.25) is 14.4 Å². The molecule has 3 amide bonds. The maximum atomic E-state index is 13.4. The van der Waals surface area contributed by atoms with Crippen LogP contribution in [0.1, 0.15) is 49.7 Å². The van der Waals surface area contributed by atoms with Crippen molar-refractivity contribution in [1.29, 1.82) is 0 Å². The maximum absolute atomic E-state index is 13.4. The second kappa shape index (κ2) is 24.7. The Kier molecular flexibility index (Phi) is 20.4. The topological polar surface area (TPSA) is 152 Å². The number of unbranched alkanes of at least 4 members (excludes halogenated alkanes) is 1. The molecule has 0 saturated heterocycles. The predicted molar refractivity (Wildman–Crippen MR) is 184 cm³/mol. The average Bonchev–Trinajstić information content (AvgIpc) is 3.09. The molecule has 0 unspecified atom stereocenters. The molecule has 0 aliphatic rings. The minimum atomic E-state index is -0.674. The van der Waals surface area contributed by atoms with E-state index in [9.17, 15) is 19.2 Å². The van der Waals surface area contributed by atoms with Crippen LogP contribution >= 0.6 is 0 Å². The van der Waals surface area contributed by atoms with Crippen LogP contribution < -0.4 is 16.0 Å². The lowest BCUT2D eigenvalue weighted by atomic mass is 9.96. The molecule has 0 saturated carbocycles. The van der Waals surface area contributed by atoms with Gasteiger partial charge in [-0.1, -0.05) is 72.8 Å². The molecule has 262 valence electrons. The van der Waals surface area contributed by atoms with Crippen molar-refractivity contribution in [1.82, 2.24) is 16.0 Å². The monoisotopic (exact) mass is 665 g/mol. The normalized spacial score (nSPS) is 12.5. The highest BCUT2D eigenvalue weighted by Crippen LogP contribution is 2.16. The Morgan fingerprint density at radius 2 is 1.46 bits per heavy atom. The molecule has 4 N–H and O–H groups in total. The van der Waals surface area contributed by atoms with E-state index in [4.69, 9.17) is 19.3 Å². The van der Waals surface area contributed by atoms with Crippen LogP contribution in [0.2, 0.25) is 0 Å². The summed E-state index contributed by atoms with van der Waals surface area (Å²) in [6.45, 7) is 8.58. The van der Waals surface area contributed by atoms with Crippen LogP contribution in [0.5, 0.6) is 0 Å². The van der Waals surface area contributed by atoms with Crippen LogP contribution in [-0.4, -0.2) is 74.5 Å². The van der Waals surface area contributed by atoms with Crippen molar-refractivity contribution in [3.05, 3.63) is 97.1 Å². The summed E-state index contributed by atoms with van der Waals surface area (Å²) in [6, 6.07) is 18.5. The fourth-order valence-corrected chi connectivity index (χ4v) is 4.87. The van der Waals surface area contributed by atoms with Gasteiger partial charge in [0.05, 0.1) is 37.7 Å². The number of alkyl carbamates (subject to hydrolysis) is 1. The first-order valence-corrected chi connectivity index (χ1v) is 16.5. The summed E-state index contributed by atoms with van der Waals surface area (Å²) in [7, 11) is 0. The standard InChI is InChI=1S/C37H51N3O8/c1-3-13-31(26-34(42)38-21-23-46-24-22-41)35(43)40-33(19-11-12-20-39-37(45)48-27-30-17-9-6-10-18-30)28-47-36(44)32(14-4-2)25-29-15-7-5-8-16-29/h3-10,15-18,31-33,41H,1-2,11-14,19-28H2,(H,38,42)(H,39,45)(H,40,43)/t31-,32-,33+/m1/s1. The molecule has 0 radical (unpaired) electrons. The van der Waals surface area contributed by atoms with Crippen LogP contribution in [0.4, 0.5) is 4.79 Å². The highest BCUT2D eigenvalue weighted by molar-refractivity contribution is 5.86. The highest BCUT2D eigenvalue weighted by Gasteiger charge is 2.25. The van der Waals surface area contributed by atoms with E-state index in [-0.39, 0.29) is 70.2 Å². The lowest BCUT2D eigenvalue weighted by Crippen LogP contribution is -2.43. The van der Waals surface area contributed by atoms with E-state index in [0.717, 1.165) is 11.1 Å².